The van der Waals surface area contributed by atoms with Crippen LogP contribution in [0.4, 0.5) is 0 Å². The third-order valence-corrected chi connectivity index (χ3v) is 5.30. The average Bonchev–Trinajstić information content (AvgIpc) is 3.23. The van der Waals surface area contributed by atoms with Gasteiger partial charge in [-0.15, -0.1) is 0 Å². The molecule has 1 aromatic rings. The summed E-state index contributed by atoms with van der Waals surface area (Å²) in [5.41, 5.74) is 1.03. The van der Waals surface area contributed by atoms with Crippen LogP contribution in [0.25, 0.3) is 0 Å². The molecule has 1 N–H and O–H groups in total. The minimum atomic E-state index is 0.0197. The summed E-state index contributed by atoms with van der Waals surface area (Å²) in [6, 6.07) is 3.29. The van der Waals surface area contributed by atoms with Gasteiger partial charge in [-0.25, -0.2) is 0 Å². The molecule has 23 heavy (non-hydrogen) atoms. The van der Waals surface area contributed by atoms with Crippen molar-refractivity contribution in [2.24, 2.45) is 0 Å². The molecule has 0 bridgehead atoms. The Kier molecular flexibility index (Phi) is 5.09. The lowest BCUT2D eigenvalue weighted by molar-refractivity contribution is 0.0979. The van der Waals surface area contributed by atoms with Gasteiger partial charge in [0.2, 0.25) is 0 Å². The summed E-state index contributed by atoms with van der Waals surface area (Å²) >= 11 is 0. The van der Waals surface area contributed by atoms with Gasteiger partial charge in [-0.1, -0.05) is 32.3 Å². The minimum Gasteiger partial charge on any atom is -0.380 e. The summed E-state index contributed by atoms with van der Waals surface area (Å²) in [7, 11) is 1.83. The van der Waals surface area contributed by atoms with Crippen LogP contribution in [0.5, 0.6) is 0 Å². The molecule has 1 unspecified atom stereocenters. The zero-order valence-electron chi connectivity index (χ0n) is 15.0. The zero-order valence-corrected chi connectivity index (χ0v) is 15.0. The van der Waals surface area contributed by atoms with E-state index in [-0.39, 0.29) is 5.41 Å². The van der Waals surface area contributed by atoms with Crippen LogP contribution in [0.15, 0.2) is 10.6 Å². The molecule has 130 valence electrons. The van der Waals surface area contributed by atoms with Gasteiger partial charge in [0.15, 0.2) is 0 Å². The van der Waals surface area contributed by atoms with Gasteiger partial charge >= 0.3 is 0 Å². The molecule has 5 heteroatoms. The van der Waals surface area contributed by atoms with Gasteiger partial charge in [0, 0.05) is 50.3 Å². The first kappa shape index (κ1) is 16.9. The second kappa shape index (κ2) is 6.91. The van der Waals surface area contributed by atoms with Crippen LogP contribution >= 0.6 is 0 Å². The highest BCUT2D eigenvalue weighted by Crippen LogP contribution is 2.28. The number of methoxy groups -OCH3 is 1. The fraction of sp³-hybridized carbons (Fsp3) is 0.833. The lowest BCUT2D eigenvalue weighted by Gasteiger charge is -2.29. The number of hydrogen-bond acceptors (Lipinski definition) is 5. The van der Waals surface area contributed by atoms with E-state index in [0.29, 0.717) is 18.2 Å². The molecule has 1 saturated carbocycles. The van der Waals surface area contributed by atoms with Gasteiger partial charge in [-0.3, -0.25) is 4.90 Å². The highest BCUT2D eigenvalue weighted by molar-refractivity contribution is 5.13. The molecule has 3 rings (SSSR count). The summed E-state index contributed by atoms with van der Waals surface area (Å²) in [6.07, 6.45) is 5.44. The highest BCUT2D eigenvalue weighted by Gasteiger charge is 2.36. The first-order chi connectivity index (χ1) is 11.0. The van der Waals surface area contributed by atoms with Gasteiger partial charge in [0.25, 0.3) is 0 Å². The summed E-state index contributed by atoms with van der Waals surface area (Å²) in [6.45, 7) is 9.49. The molecule has 1 aromatic heterocycles. The predicted molar refractivity (Wildman–Crippen MR) is 90.5 cm³/mol. The van der Waals surface area contributed by atoms with Gasteiger partial charge in [0.05, 0.1) is 11.8 Å². The lowest BCUT2D eigenvalue weighted by Crippen LogP contribution is -2.46. The standard InChI is InChI=1S/C18H31N3O2/c1-18(2,3)17-10-13(20-23-17)11-19-15-6-5-7-16(15)21-9-8-14(12-21)22-4/h10,14-16,19H,5-9,11-12H2,1-4H3/t14?,15-,16+/m1/s1. The maximum absolute atomic E-state index is 5.52. The first-order valence-electron chi connectivity index (χ1n) is 8.93. The number of ether oxygens (including phenoxy) is 1. The van der Waals surface area contributed by atoms with Gasteiger partial charge < -0.3 is 14.6 Å². The lowest BCUT2D eigenvalue weighted by atomic mass is 9.93. The number of hydrogen-bond donors (Lipinski definition) is 1. The van der Waals surface area contributed by atoms with E-state index < -0.39 is 0 Å². The molecule has 5 nitrogen and oxygen atoms in total. The summed E-state index contributed by atoms with van der Waals surface area (Å²) in [5, 5.41) is 7.94. The molecule has 2 heterocycles. The van der Waals surface area contributed by atoms with Crippen LogP contribution in [0.2, 0.25) is 0 Å². The topological polar surface area (TPSA) is 50.5 Å². The van der Waals surface area contributed by atoms with Crippen molar-refractivity contribution >= 4 is 0 Å². The Labute approximate surface area is 139 Å². The maximum atomic E-state index is 5.52. The van der Waals surface area contributed by atoms with Crippen molar-refractivity contribution in [1.29, 1.82) is 0 Å². The molecule has 1 aliphatic heterocycles. The molecule has 2 fully saturated rings. The Morgan fingerprint density at radius 2 is 2.17 bits per heavy atom. The number of nitrogens with zero attached hydrogens (tertiary/aromatic N) is 2. The molecule has 3 atom stereocenters. The molecule has 1 aliphatic carbocycles. The van der Waals surface area contributed by atoms with E-state index >= 15 is 0 Å². The quantitative estimate of drug-likeness (QED) is 0.903. The molecule has 0 spiro atoms. The highest BCUT2D eigenvalue weighted by atomic mass is 16.5. The van der Waals surface area contributed by atoms with Gasteiger partial charge in [-0.2, -0.15) is 0 Å². The van der Waals surface area contributed by atoms with Crippen molar-refractivity contribution < 1.29 is 9.26 Å². The van der Waals surface area contributed by atoms with E-state index in [9.17, 15) is 0 Å². The first-order valence-corrected chi connectivity index (χ1v) is 8.93. The Hall–Kier alpha value is -0.910. The van der Waals surface area contributed by atoms with Gasteiger partial charge in [-0.05, 0) is 19.3 Å². The molecule has 0 aromatic carbocycles. The Bertz CT molecular complexity index is 509. The summed E-state index contributed by atoms with van der Waals surface area (Å²) < 4.78 is 11.0. The number of likely N-dealkylation sites (tertiary alicyclic amines) is 1. The average molecular weight is 321 g/mol. The van der Waals surface area contributed by atoms with Crippen LogP contribution < -0.4 is 5.32 Å². The third-order valence-electron chi connectivity index (χ3n) is 5.30. The largest absolute Gasteiger partial charge is 0.380 e. The summed E-state index contributed by atoms with van der Waals surface area (Å²) in [5.74, 6) is 0.958. The van der Waals surface area contributed by atoms with Crippen molar-refractivity contribution in [2.45, 2.75) is 76.6 Å². The number of nitrogens with one attached hydrogen (secondary N) is 1. The maximum Gasteiger partial charge on any atom is 0.142 e. The second-order valence-corrected chi connectivity index (χ2v) is 8.06. The predicted octanol–water partition coefficient (Wildman–Crippen LogP) is 2.70. The number of rotatable bonds is 5. The fourth-order valence-electron chi connectivity index (χ4n) is 3.85. The van der Waals surface area contributed by atoms with Crippen LogP contribution in [0.3, 0.4) is 0 Å². The van der Waals surface area contributed by atoms with Crippen LogP contribution in [0.1, 0.15) is 57.9 Å². The van der Waals surface area contributed by atoms with Gasteiger partial charge in [0.1, 0.15) is 5.76 Å². The Balaban J connectivity index is 1.54. The zero-order chi connectivity index (χ0) is 16.4. The summed E-state index contributed by atoms with van der Waals surface area (Å²) in [4.78, 5) is 2.61. The molecule has 0 amide bonds. The van der Waals surface area contributed by atoms with Crippen molar-refractivity contribution in [1.82, 2.24) is 15.4 Å². The van der Waals surface area contributed by atoms with E-state index in [1.165, 1.54) is 25.8 Å². The monoisotopic (exact) mass is 321 g/mol. The Morgan fingerprint density at radius 3 is 2.83 bits per heavy atom. The van der Waals surface area contributed by atoms with Crippen LogP contribution in [-0.4, -0.2) is 48.4 Å². The van der Waals surface area contributed by atoms with Crippen molar-refractivity contribution in [3.63, 3.8) is 0 Å². The second-order valence-electron chi connectivity index (χ2n) is 8.06. The SMILES string of the molecule is COC1CCN([C@H]2CCC[C@H]2NCc2cc(C(C)(C)C)on2)C1. The van der Waals surface area contributed by atoms with E-state index in [0.717, 1.165) is 31.0 Å². The van der Waals surface area contributed by atoms with Crippen molar-refractivity contribution in [3.05, 3.63) is 17.5 Å². The molecule has 1 saturated heterocycles. The molecule has 0 radical (unpaired) electrons. The van der Waals surface area contributed by atoms with Crippen molar-refractivity contribution in [3.8, 4) is 0 Å². The minimum absolute atomic E-state index is 0.0197. The van der Waals surface area contributed by atoms with Crippen molar-refractivity contribution in [2.75, 3.05) is 20.2 Å². The van der Waals surface area contributed by atoms with E-state index in [2.05, 4.69) is 42.2 Å². The number of aromatic nitrogens is 1. The van der Waals surface area contributed by atoms with E-state index in [1.807, 2.05) is 7.11 Å². The van der Waals surface area contributed by atoms with Crippen LogP contribution in [0, 0.1) is 0 Å². The normalized spacial score (nSPS) is 29.5. The van der Waals surface area contributed by atoms with E-state index in [1.54, 1.807) is 0 Å². The fourth-order valence-corrected chi connectivity index (χ4v) is 3.85. The Morgan fingerprint density at radius 1 is 1.35 bits per heavy atom. The van der Waals surface area contributed by atoms with Crippen LogP contribution in [-0.2, 0) is 16.7 Å². The smallest absolute Gasteiger partial charge is 0.142 e. The molecular weight excluding hydrogens is 290 g/mol. The molecule has 2 aliphatic rings. The molecular formula is C18H31N3O2. The third kappa shape index (κ3) is 3.95. The van der Waals surface area contributed by atoms with E-state index in [4.69, 9.17) is 9.26 Å².